The second-order valence-corrected chi connectivity index (χ2v) is 19.7. The van der Waals surface area contributed by atoms with Crippen LogP contribution in [-0.4, -0.2) is 105 Å². The van der Waals surface area contributed by atoms with E-state index in [-0.39, 0.29) is 48.4 Å². The Morgan fingerprint density at radius 3 is 1.36 bits per heavy atom. The van der Waals surface area contributed by atoms with Crippen LogP contribution < -0.4 is 5.32 Å². The van der Waals surface area contributed by atoms with Crippen molar-refractivity contribution >= 4 is 70.9 Å². The number of unbranched alkanes of at least 4 members (excludes halogenated alkanes) is 4. The molecule has 0 aromatic rings. The van der Waals surface area contributed by atoms with Crippen LogP contribution in [0.25, 0.3) is 0 Å². The van der Waals surface area contributed by atoms with Gasteiger partial charge in [-0.3, -0.25) is 0 Å². The van der Waals surface area contributed by atoms with E-state index in [1.165, 1.54) is 47.0 Å². The van der Waals surface area contributed by atoms with Crippen molar-refractivity contribution in [2.75, 3.05) is 81.0 Å². The largest absolute Gasteiger partial charge is 0.461 e. The van der Waals surface area contributed by atoms with Crippen LogP contribution in [0, 0.1) is 33.5 Å². The van der Waals surface area contributed by atoms with Gasteiger partial charge in [-0.2, -0.15) is 57.6 Å². The quantitative estimate of drug-likeness (QED) is 0.0232. The lowest BCUT2D eigenvalue weighted by Crippen LogP contribution is -2.31. The molecule has 58 heavy (non-hydrogen) atoms. The standard InChI is InChI=1S/C43H63N3O8S4/c1-42(2)24-30(33(28-44)31(25-42)36(38(47)51-16-20-55-5)39(48)52-17-21-56-6)14-12-10-9-11-13-15-46-35-27-43(3,4)26-32(34(35)29-45)37(40(49)53-18-22-57-7)41(50)54-19-23-58-8/h46H,9-27H2,1-8H3. The zero-order valence-corrected chi connectivity index (χ0v) is 39.0. The van der Waals surface area contributed by atoms with Crippen molar-refractivity contribution in [3.05, 3.63) is 44.7 Å². The molecule has 0 unspecified atom stereocenters. The van der Waals surface area contributed by atoms with Gasteiger partial charge in [0.05, 0.1) is 17.2 Å². The summed E-state index contributed by atoms with van der Waals surface area (Å²) in [6, 6.07) is 4.61. The fourth-order valence-electron chi connectivity index (χ4n) is 7.01. The normalized spacial score (nSPS) is 15.9. The number of hydrogen-bond donors (Lipinski definition) is 1. The fraction of sp³-hybridized carbons (Fsp3) is 0.674. The molecule has 322 valence electrons. The second kappa shape index (κ2) is 27.0. The summed E-state index contributed by atoms with van der Waals surface area (Å²) in [5, 5.41) is 24.2. The highest BCUT2D eigenvalue weighted by atomic mass is 32.2. The summed E-state index contributed by atoms with van der Waals surface area (Å²) >= 11 is 6.11. The highest BCUT2D eigenvalue weighted by molar-refractivity contribution is 7.99. The molecule has 0 saturated heterocycles. The van der Waals surface area contributed by atoms with Gasteiger partial charge in [-0.05, 0) is 91.9 Å². The van der Waals surface area contributed by atoms with E-state index in [2.05, 4.69) is 45.2 Å². The third kappa shape index (κ3) is 16.9. The Morgan fingerprint density at radius 1 is 0.569 bits per heavy atom. The number of nitrogens with one attached hydrogen (secondary N) is 1. The Bertz CT molecular complexity index is 1480. The summed E-state index contributed by atoms with van der Waals surface area (Å²) in [6.07, 6.45) is 14.8. The van der Waals surface area contributed by atoms with Crippen molar-refractivity contribution < 1.29 is 38.1 Å². The van der Waals surface area contributed by atoms with E-state index < -0.39 is 23.9 Å². The lowest BCUT2D eigenvalue weighted by Gasteiger charge is -2.34. The van der Waals surface area contributed by atoms with Crippen LogP contribution in [0.4, 0.5) is 0 Å². The van der Waals surface area contributed by atoms with Gasteiger partial charge in [-0.25, -0.2) is 19.2 Å². The smallest absolute Gasteiger partial charge is 0.345 e. The maximum Gasteiger partial charge on any atom is 0.345 e. The Balaban J connectivity index is 2.19. The van der Waals surface area contributed by atoms with E-state index in [1.54, 1.807) is 0 Å². The van der Waals surface area contributed by atoms with Crippen LogP contribution in [0.3, 0.4) is 0 Å². The molecule has 0 atom stereocenters. The molecule has 11 nitrogen and oxygen atoms in total. The highest BCUT2D eigenvalue weighted by Gasteiger charge is 2.38. The van der Waals surface area contributed by atoms with Crippen molar-refractivity contribution in [1.29, 1.82) is 10.5 Å². The van der Waals surface area contributed by atoms with E-state index >= 15 is 0 Å². The van der Waals surface area contributed by atoms with E-state index in [9.17, 15) is 29.7 Å². The first-order valence-electron chi connectivity index (χ1n) is 19.8. The molecule has 0 amide bonds. The summed E-state index contributed by atoms with van der Waals surface area (Å²) in [5.41, 5.74) is 2.18. The molecule has 0 saturated carbocycles. The van der Waals surface area contributed by atoms with Crippen LogP contribution in [0.1, 0.15) is 91.9 Å². The van der Waals surface area contributed by atoms with Gasteiger partial charge in [0.2, 0.25) is 0 Å². The number of nitrogens with zero attached hydrogens (tertiary/aromatic N) is 2. The van der Waals surface area contributed by atoms with Gasteiger partial charge >= 0.3 is 23.9 Å². The zero-order valence-electron chi connectivity index (χ0n) is 35.7. The molecule has 0 aromatic heterocycles. The second-order valence-electron chi connectivity index (χ2n) is 15.8. The number of ether oxygens (including phenoxy) is 4. The van der Waals surface area contributed by atoms with Crippen LogP contribution in [0.15, 0.2) is 44.7 Å². The van der Waals surface area contributed by atoms with E-state index in [0.29, 0.717) is 89.6 Å². The number of rotatable bonds is 25. The molecule has 15 heteroatoms. The molecule has 2 aliphatic rings. The highest BCUT2D eigenvalue weighted by Crippen LogP contribution is 2.45. The number of carbonyl (C=O) groups is 4. The van der Waals surface area contributed by atoms with Crippen molar-refractivity contribution in [3.8, 4) is 12.1 Å². The van der Waals surface area contributed by atoms with Gasteiger partial charge in [0.1, 0.15) is 43.6 Å². The Hall–Kier alpha value is -2.98. The predicted molar refractivity (Wildman–Crippen MR) is 238 cm³/mol. The molecule has 0 aliphatic heterocycles. The molecule has 0 heterocycles. The molecule has 0 aromatic carbocycles. The average Bonchev–Trinajstić information content (AvgIpc) is 3.15. The Kier molecular flexibility index (Phi) is 23.8. The SMILES string of the molecule is CSCCOC(=O)C(C(=O)OCCSC)=C1CC(C)(C)CC(CCCCCCCNC2=C(C#N)C(=C(C(=O)OCCSC)C(=O)OCCSC)CC(C)(C)C2)=C1C#N. The van der Waals surface area contributed by atoms with Gasteiger partial charge in [-0.15, -0.1) is 0 Å². The maximum absolute atomic E-state index is 13.3. The number of allylic oxidation sites excluding steroid dienone is 6. The fourth-order valence-corrected chi connectivity index (χ4v) is 8.01. The lowest BCUT2D eigenvalue weighted by molar-refractivity contribution is -0.148. The first kappa shape index (κ1) is 51.2. The molecule has 0 spiro atoms. The Labute approximate surface area is 363 Å². The first-order chi connectivity index (χ1) is 27.7. The molecule has 2 rings (SSSR count). The van der Waals surface area contributed by atoms with Crippen molar-refractivity contribution in [2.24, 2.45) is 10.8 Å². The number of thioether (sulfide) groups is 4. The monoisotopic (exact) mass is 877 g/mol. The van der Waals surface area contributed by atoms with Crippen molar-refractivity contribution in [3.63, 3.8) is 0 Å². The minimum absolute atomic E-state index is 0.146. The molecule has 0 fully saturated rings. The van der Waals surface area contributed by atoms with Gasteiger partial charge in [0.25, 0.3) is 0 Å². The third-order valence-electron chi connectivity index (χ3n) is 9.64. The van der Waals surface area contributed by atoms with Gasteiger partial charge in [0, 0.05) is 35.3 Å². The van der Waals surface area contributed by atoms with Crippen molar-refractivity contribution in [1.82, 2.24) is 5.32 Å². The summed E-state index contributed by atoms with van der Waals surface area (Å²) in [6.45, 7) is 9.49. The third-order valence-corrected chi connectivity index (χ3v) is 11.9. The first-order valence-corrected chi connectivity index (χ1v) is 25.4. The molecular weight excluding hydrogens is 815 g/mol. The number of nitriles is 2. The summed E-state index contributed by atoms with van der Waals surface area (Å²) in [7, 11) is 0. The zero-order chi connectivity index (χ0) is 43.1. The lowest BCUT2D eigenvalue weighted by atomic mass is 9.70. The molecule has 2 aliphatic carbocycles. The van der Waals surface area contributed by atoms with Gasteiger partial charge in [-0.1, -0.05) is 52.5 Å². The average molecular weight is 878 g/mol. The molecule has 1 N–H and O–H groups in total. The topological polar surface area (TPSA) is 165 Å². The summed E-state index contributed by atoms with van der Waals surface area (Å²) in [4.78, 5) is 53.3. The van der Waals surface area contributed by atoms with E-state index in [4.69, 9.17) is 18.9 Å². The van der Waals surface area contributed by atoms with E-state index in [0.717, 1.165) is 37.7 Å². The maximum atomic E-state index is 13.3. The van der Waals surface area contributed by atoms with Crippen LogP contribution in [0.5, 0.6) is 0 Å². The van der Waals surface area contributed by atoms with Crippen LogP contribution >= 0.6 is 47.0 Å². The molecule has 0 bridgehead atoms. The summed E-state index contributed by atoms with van der Waals surface area (Å²) in [5.74, 6) is -0.673. The summed E-state index contributed by atoms with van der Waals surface area (Å²) < 4.78 is 21.9. The Morgan fingerprint density at radius 2 is 0.948 bits per heavy atom. The number of hydrogen-bond acceptors (Lipinski definition) is 15. The minimum Gasteiger partial charge on any atom is -0.461 e. The van der Waals surface area contributed by atoms with Crippen molar-refractivity contribution in [2.45, 2.75) is 91.9 Å². The van der Waals surface area contributed by atoms with Gasteiger partial charge < -0.3 is 24.3 Å². The minimum atomic E-state index is -0.765. The van der Waals surface area contributed by atoms with E-state index in [1.807, 2.05) is 25.0 Å². The van der Waals surface area contributed by atoms with Crippen LogP contribution in [-0.2, 0) is 38.1 Å². The number of carbonyl (C=O) groups excluding carboxylic acids is 4. The van der Waals surface area contributed by atoms with Crippen LogP contribution in [0.2, 0.25) is 0 Å². The van der Waals surface area contributed by atoms with Gasteiger partial charge in [0.15, 0.2) is 0 Å². The molecular formula is C43H63N3O8S4. The predicted octanol–water partition coefficient (Wildman–Crippen LogP) is 8.37. The molecule has 0 radical (unpaired) electrons. The number of esters is 4.